The van der Waals surface area contributed by atoms with Crippen molar-refractivity contribution in [2.75, 3.05) is 6.54 Å². The number of nitrogens with two attached hydrogens (primary N) is 1. The van der Waals surface area contributed by atoms with E-state index in [-0.39, 0.29) is 5.91 Å². The van der Waals surface area contributed by atoms with Crippen LogP contribution in [-0.2, 0) is 19.5 Å². The van der Waals surface area contributed by atoms with Crippen molar-refractivity contribution in [3.63, 3.8) is 0 Å². The lowest BCUT2D eigenvalue weighted by atomic mass is 9.97. The molecule has 5 nitrogen and oxygen atoms in total. The van der Waals surface area contributed by atoms with E-state index < -0.39 is 0 Å². The van der Waals surface area contributed by atoms with Gasteiger partial charge in [-0.1, -0.05) is 6.07 Å². The average Bonchev–Trinajstić information content (AvgIpc) is 2.96. The van der Waals surface area contributed by atoms with Crippen molar-refractivity contribution < 1.29 is 4.79 Å². The first-order valence-corrected chi connectivity index (χ1v) is 7.74. The summed E-state index contributed by atoms with van der Waals surface area (Å²) in [6.45, 7) is 2.70. The van der Waals surface area contributed by atoms with Gasteiger partial charge < -0.3 is 10.7 Å². The lowest BCUT2D eigenvalue weighted by molar-refractivity contribution is 0.1000. The van der Waals surface area contributed by atoms with Gasteiger partial charge in [0.05, 0.1) is 0 Å². The highest BCUT2D eigenvalue weighted by Crippen LogP contribution is 2.23. The van der Waals surface area contributed by atoms with Crippen LogP contribution in [0.15, 0.2) is 42.7 Å². The standard InChI is InChI=1S/C18H18N4O/c19-18(23)13-2-1-12-4-6-22(10-15(12)7-13)11-16-8-14-9-20-5-3-17(14)21-16/h1-3,5,7-9,21H,4,6,10-11H2,(H2,19,23). The first-order chi connectivity index (χ1) is 11.2. The van der Waals surface area contributed by atoms with E-state index in [1.54, 1.807) is 6.20 Å². The van der Waals surface area contributed by atoms with Crippen LogP contribution < -0.4 is 5.73 Å². The Morgan fingerprint density at radius 1 is 1.26 bits per heavy atom. The number of fused-ring (bicyclic) bond motifs is 2. The number of nitrogens with one attached hydrogen (secondary N) is 1. The molecule has 4 rings (SSSR count). The molecular formula is C18H18N4O. The summed E-state index contributed by atoms with van der Waals surface area (Å²) in [5.74, 6) is -0.368. The molecule has 0 spiro atoms. The molecule has 1 aromatic carbocycles. The lowest BCUT2D eigenvalue weighted by Crippen LogP contribution is -2.30. The van der Waals surface area contributed by atoms with E-state index in [0.29, 0.717) is 5.56 Å². The molecule has 0 unspecified atom stereocenters. The molecule has 1 aliphatic heterocycles. The van der Waals surface area contributed by atoms with Crippen molar-refractivity contribution in [2.24, 2.45) is 5.73 Å². The fraction of sp³-hybridized carbons (Fsp3) is 0.222. The van der Waals surface area contributed by atoms with Crippen molar-refractivity contribution in [1.29, 1.82) is 0 Å². The highest BCUT2D eigenvalue weighted by molar-refractivity contribution is 5.93. The molecule has 23 heavy (non-hydrogen) atoms. The first-order valence-electron chi connectivity index (χ1n) is 7.74. The molecule has 116 valence electrons. The second-order valence-electron chi connectivity index (χ2n) is 6.07. The van der Waals surface area contributed by atoms with Crippen molar-refractivity contribution in [2.45, 2.75) is 19.5 Å². The van der Waals surface area contributed by atoms with Gasteiger partial charge in [-0.05, 0) is 41.8 Å². The van der Waals surface area contributed by atoms with Gasteiger partial charge in [-0.2, -0.15) is 0 Å². The smallest absolute Gasteiger partial charge is 0.248 e. The fourth-order valence-electron chi connectivity index (χ4n) is 3.26. The van der Waals surface area contributed by atoms with Crippen LogP contribution in [0.4, 0.5) is 0 Å². The zero-order valence-electron chi connectivity index (χ0n) is 12.7. The third-order valence-electron chi connectivity index (χ3n) is 4.45. The van der Waals surface area contributed by atoms with Crippen LogP contribution in [0.25, 0.3) is 10.9 Å². The Hall–Kier alpha value is -2.66. The van der Waals surface area contributed by atoms with Gasteiger partial charge in [-0.25, -0.2) is 0 Å². The van der Waals surface area contributed by atoms with Crippen molar-refractivity contribution >= 4 is 16.8 Å². The lowest BCUT2D eigenvalue weighted by Gasteiger charge is -2.28. The summed E-state index contributed by atoms with van der Waals surface area (Å²) in [5.41, 5.74) is 10.8. The van der Waals surface area contributed by atoms with Crippen molar-refractivity contribution in [3.05, 3.63) is 65.1 Å². The van der Waals surface area contributed by atoms with Crippen LogP contribution in [-0.4, -0.2) is 27.3 Å². The molecule has 0 bridgehead atoms. The van der Waals surface area contributed by atoms with Crippen molar-refractivity contribution in [3.8, 4) is 0 Å². The summed E-state index contributed by atoms with van der Waals surface area (Å²) in [5, 5.41) is 1.14. The Labute approximate surface area is 134 Å². The maximum Gasteiger partial charge on any atom is 0.248 e. The highest BCUT2D eigenvalue weighted by Gasteiger charge is 2.18. The molecular weight excluding hydrogens is 288 g/mol. The van der Waals surface area contributed by atoms with Crippen LogP contribution in [0.2, 0.25) is 0 Å². The molecule has 0 atom stereocenters. The number of nitrogens with zero attached hydrogens (tertiary/aromatic N) is 2. The molecule has 2 aromatic heterocycles. The SMILES string of the molecule is NC(=O)c1ccc2c(c1)CN(Cc1cc3cnccc3[nH]1)CC2. The van der Waals surface area contributed by atoms with Crippen LogP contribution in [0.5, 0.6) is 0 Å². The maximum atomic E-state index is 11.4. The number of rotatable bonds is 3. The van der Waals surface area contributed by atoms with Gasteiger partial charge in [0.1, 0.15) is 0 Å². The summed E-state index contributed by atoms with van der Waals surface area (Å²) < 4.78 is 0. The maximum absolute atomic E-state index is 11.4. The second-order valence-corrected chi connectivity index (χ2v) is 6.07. The zero-order valence-corrected chi connectivity index (χ0v) is 12.7. The van der Waals surface area contributed by atoms with E-state index >= 15 is 0 Å². The number of aromatic nitrogens is 2. The second kappa shape index (κ2) is 5.52. The summed E-state index contributed by atoms with van der Waals surface area (Å²) in [6.07, 6.45) is 4.67. The summed E-state index contributed by atoms with van der Waals surface area (Å²) in [7, 11) is 0. The van der Waals surface area contributed by atoms with E-state index in [1.807, 2.05) is 30.5 Å². The number of aromatic amines is 1. The van der Waals surface area contributed by atoms with Gasteiger partial charge in [0.25, 0.3) is 0 Å². The Morgan fingerprint density at radius 2 is 2.17 bits per heavy atom. The number of hydrogen-bond donors (Lipinski definition) is 2. The van der Waals surface area contributed by atoms with Gasteiger partial charge in [0.15, 0.2) is 0 Å². The summed E-state index contributed by atoms with van der Waals surface area (Å²) in [6, 6.07) is 9.92. The van der Waals surface area contributed by atoms with Crippen molar-refractivity contribution in [1.82, 2.24) is 14.9 Å². The Balaban J connectivity index is 1.55. The van der Waals surface area contributed by atoms with Crippen LogP contribution >= 0.6 is 0 Å². The molecule has 0 saturated carbocycles. The predicted octanol–water partition coefficient (Wildman–Crippen LogP) is 2.22. The van der Waals surface area contributed by atoms with Crippen LogP contribution in [0, 0.1) is 0 Å². The van der Waals surface area contributed by atoms with Gasteiger partial charge in [-0.3, -0.25) is 14.7 Å². The normalized spacial score (nSPS) is 14.8. The van der Waals surface area contributed by atoms with Gasteiger partial charge in [0, 0.05) is 54.2 Å². The van der Waals surface area contributed by atoms with Crippen LogP contribution in [0.1, 0.15) is 27.2 Å². The molecule has 0 fully saturated rings. The van der Waals surface area contributed by atoms with Gasteiger partial charge in [-0.15, -0.1) is 0 Å². The van der Waals surface area contributed by atoms with E-state index in [1.165, 1.54) is 16.8 Å². The van der Waals surface area contributed by atoms with E-state index in [2.05, 4.69) is 20.9 Å². The molecule has 3 aromatic rings. The third-order valence-corrected chi connectivity index (χ3v) is 4.45. The molecule has 0 aliphatic carbocycles. The van der Waals surface area contributed by atoms with Gasteiger partial charge in [0.2, 0.25) is 5.91 Å². The summed E-state index contributed by atoms with van der Waals surface area (Å²) >= 11 is 0. The number of benzene rings is 1. The predicted molar refractivity (Wildman–Crippen MR) is 88.9 cm³/mol. The number of hydrogen-bond acceptors (Lipinski definition) is 3. The molecule has 5 heteroatoms. The average molecular weight is 306 g/mol. The van der Waals surface area contributed by atoms with E-state index in [9.17, 15) is 4.79 Å². The molecule has 3 heterocycles. The van der Waals surface area contributed by atoms with Gasteiger partial charge >= 0.3 is 0 Å². The Morgan fingerprint density at radius 3 is 3.00 bits per heavy atom. The van der Waals surface area contributed by atoms with Crippen LogP contribution in [0.3, 0.4) is 0 Å². The molecule has 3 N–H and O–H groups in total. The zero-order chi connectivity index (χ0) is 15.8. The quantitative estimate of drug-likeness (QED) is 0.779. The Kier molecular flexibility index (Phi) is 3.35. The molecule has 1 amide bonds. The van der Waals surface area contributed by atoms with E-state index in [0.717, 1.165) is 37.0 Å². The first kappa shape index (κ1) is 14.0. The number of amides is 1. The highest BCUT2D eigenvalue weighted by atomic mass is 16.1. The largest absolute Gasteiger partial charge is 0.366 e. The number of H-pyrrole nitrogens is 1. The molecule has 1 aliphatic rings. The number of pyridine rings is 1. The molecule has 0 saturated heterocycles. The minimum Gasteiger partial charge on any atom is -0.366 e. The monoisotopic (exact) mass is 306 g/mol. The summed E-state index contributed by atoms with van der Waals surface area (Å²) in [4.78, 5) is 21.3. The fourth-order valence-corrected chi connectivity index (χ4v) is 3.26. The minimum atomic E-state index is -0.368. The topological polar surface area (TPSA) is 75.0 Å². The molecule has 0 radical (unpaired) electrons. The number of primary amides is 1. The van der Waals surface area contributed by atoms with E-state index in [4.69, 9.17) is 5.73 Å². The minimum absolute atomic E-state index is 0.368. The number of carbonyl (C=O) groups excluding carboxylic acids is 1. The number of carbonyl (C=O) groups is 1. The Bertz CT molecular complexity index is 851. The third kappa shape index (κ3) is 2.71.